The minimum atomic E-state index is 0.171. The second kappa shape index (κ2) is 8.43. The minimum Gasteiger partial charge on any atom is -0.508 e. The predicted molar refractivity (Wildman–Crippen MR) is 104 cm³/mol. The highest BCUT2D eigenvalue weighted by Gasteiger charge is 2.23. The number of piperazine rings is 1. The van der Waals surface area contributed by atoms with E-state index in [9.17, 15) is 9.90 Å². The minimum absolute atomic E-state index is 0.171. The zero-order valence-electron chi connectivity index (χ0n) is 14.9. The molecule has 0 saturated carbocycles. The summed E-state index contributed by atoms with van der Waals surface area (Å²) in [6, 6.07) is 15.2. The van der Waals surface area contributed by atoms with Gasteiger partial charge >= 0.3 is 0 Å². The molecule has 6 heteroatoms. The average Bonchev–Trinajstić information content (AvgIpc) is 2.66. The molecule has 2 aromatic rings. The molecule has 1 fully saturated rings. The maximum Gasteiger partial charge on any atom is 0.277 e. The third-order valence-electron chi connectivity index (χ3n) is 4.87. The molecule has 0 spiro atoms. The van der Waals surface area contributed by atoms with E-state index < -0.39 is 0 Å². The van der Waals surface area contributed by atoms with Gasteiger partial charge in [0, 0.05) is 42.5 Å². The molecule has 0 unspecified atom stereocenters. The number of quaternary nitrogens is 1. The molecule has 1 atom stereocenters. The van der Waals surface area contributed by atoms with E-state index in [1.54, 1.807) is 12.1 Å². The number of halogens is 1. The van der Waals surface area contributed by atoms with E-state index in [1.165, 1.54) is 0 Å². The van der Waals surface area contributed by atoms with E-state index in [2.05, 4.69) is 17.1 Å². The van der Waals surface area contributed by atoms with Crippen LogP contribution in [0.15, 0.2) is 48.5 Å². The van der Waals surface area contributed by atoms with E-state index in [0.717, 1.165) is 42.5 Å². The fourth-order valence-electron chi connectivity index (χ4n) is 3.21. The summed E-state index contributed by atoms with van der Waals surface area (Å²) in [5.74, 6) is 0.441. The SMILES string of the molecule is C[C@@H]([NH2+]CC(=O)N1CCN(c2ccc(O)cc2)CC1)c1cccc(Cl)c1. The third-order valence-corrected chi connectivity index (χ3v) is 5.10. The largest absolute Gasteiger partial charge is 0.508 e. The lowest BCUT2D eigenvalue weighted by Gasteiger charge is -2.36. The Morgan fingerprint density at radius 3 is 2.50 bits per heavy atom. The van der Waals surface area contributed by atoms with Crippen LogP contribution >= 0.6 is 11.6 Å². The summed E-state index contributed by atoms with van der Waals surface area (Å²) in [4.78, 5) is 16.7. The highest BCUT2D eigenvalue weighted by atomic mass is 35.5. The number of anilines is 1. The second-order valence-corrected chi connectivity index (χ2v) is 7.10. The second-order valence-electron chi connectivity index (χ2n) is 6.67. The summed E-state index contributed by atoms with van der Waals surface area (Å²) < 4.78 is 0. The van der Waals surface area contributed by atoms with Crippen molar-refractivity contribution < 1.29 is 15.2 Å². The molecule has 2 aromatic carbocycles. The number of aromatic hydroxyl groups is 1. The van der Waals surface area contributed by atoms with Crippen LogP contribution in [0.1, 0.15) is 18.5 Å². The number of phenols is 1. The molecule has 1 saturated heterocycles. The van der Waals surface area contributed by atoms with Gasteiger partial charge in [-0.3, -0.25) is 4.79 Å². The quantitative estimate of drug-likeness (QED) is 0.841. The standard InChI is InChI=1S/C20H24ClN3O2/c1-15(16-3-2-4-17(21)13-16)22-14-20(26)24-11-9-23(10-12-24)18-5-7-19(25)8-6-18/h2-8,13,15,22,25H,9-12,14H2,1H3/p+1/t15-/m1/s1. The molecule has 0 radical (unpaired) electrons. The van der Waals surface area contributed by atoms with Gasteiger partial charge < -0.3 is 20.2 Å². The molecule has 1 heterocycles. The first kappa shape index (κ1) is 18.5. The van der Waals surface area contributed by atoms with Gasteiger partial charge in [-0.2, -0.15) is 0 Å². The van der Waals surface area contributed by atoms with E-state index in [-0.39, 0.29) is 17.7 Å². The first-order valence-electron chi connectivity index (χ1n) is 8.93. The molecule has 1 amide bonds. The number of hydrogen-bond acceptors (Lipinski definition) is 3. The molecular formula is C20H25ClN3O2+. The van der Waals surface area contributed by atoms with Crippen molar-refractivity contribution in [1.29, 1.82) is 0 Å². The first-order chi connectivity index (χ1) is 12.5. The molecule has 5 nitrogen and oxygen atoms in total. The summed E-state index contributed by atoms with van der Waals surface area (Å²) in [5, 5.41) is 12.2. The van der Waals surface area contributed by atoms with E-state index in [1.807, 2.05) is 41.3 Å². The van der Waals surface area contributed by atoms with Gasteiger partial charge in [0.2, 0.25) is 0 Å². The summed E-state index contributed by atoms with van der Waals surface area (Å²) in [6.07, 6.45) is 0. The van der Waals surface area contributed by atoms with Crippen LogP contribution in [0.2, 0.25) is 5.02 Å². The molecule has 1 aliphatic rings. The Balaban J connectivity index is 1.47. The van der Waals surface area contributed by atoms with Crippen molar-refractivity contribution in [2.24, 2.45) is 0 Å². The highest BCUT2D eigenvalue weighted by molar-refractivity contribution is 6.30. The number of nitrogens with two attached hydrogens (primary N) is 1. The van der Waals surface area contributed by atoms with Crippen LogP contribution in [0.3, 0.4) is 0 Å². The van der Waals surface area contributed by atoms with Gasteiger partial charge in [-0.1, -0.05) is 23.7 Å². The Morgan fingerprint density at radius 1 is 1.15 bits per heavy atom. The number of hydrogen-bond donors (Lipinski definition) is 2. The van der Waals surface area contributed by atoms with Crippen LogP contribution in [0.4, 0.5) is 5.69 Å². The number of benzene rings is 2. The number of nitrogens with zero attached hydrogens (tertiary/aromatic N) is 2. The van der Waals surface area contributed by atoms with Crippen molar-refractivity contribution in [2.45, 2.75) is 13.0 Å². The average molecular weight is 375 g/mol. The smallest absolute Gasteiger partial charge is 0.277 e. The molecule has 0 bridgehead atoms. The molecule has 0 aromatic heterocycles. The van der Waals surface area contributed by atoms with Crippen LogP contribution in [0.5, 0.6) is 5.75 Å². The van der Waals surface area contributed by atoms with Gasteiger partial charge in [0.15, 0.2) is 6.54 Å². The molecular weight excluding hydrogens is 350 g/mol. The Hall–Kier alpha value is -2.24. The number of carbonyl (C=O) groups excluding carboxylic acids is 1. The highest BCUT2D eigenvalue weighted by Crippen LogP contribution is 2.20. The van der Waals surface area contributed by atoms with Crippen LogP contribution in [0, 0.1) is 0 Å². The van der Waals surface area contributed by atoms with Gasteiger partial charge in [-0.25, -0.2) is 0 Å². The lowest BCUT2D eigenvalue weighted by Crippen LogP contribution is -2.87. The predicted octanol–water partition coefficient (Wildman–Crippen LogP) is 2.02. The lowest BCUT2D eigenvalue weighted by atomic mass is 10.1. The van der Waals surface area contributed by atoms with Crippen LogP contribution in [-0.2, 0) is 4.79 Å². The van der Waals surface area contributed by atoms with Crippen molar-refractivity contribution in [3.05, 3.63) is 59.1 Å². The van der Waals surface area contributed by atoms with E-state index in [0.29, 0.717) is 6.54 Å². The van der Waals surface area contributed by atoms with Gasteiger partial charge in [-0.15, -0.1) is 0 Å². The zero-order chi connectivity index (χ0) is 18.5. The van der Waals surface area contributed by atoms with E-state index >= 15 is 0 Å². The molecule has 138 valence electrons. The number of amides is 1. The Bertz CT molecular complexity index is 743. The molecule has 3 N–H and O–H groups in total. The monoisotopic (exact) mass is 374 g/mol. The summed E-state index contributed by atoms with van der Waals surface area (Å²) in [5.41, 5.74) is 2.21. The van der Waals surface area contributed by atoms with Gasteiger partial charge in [0.1, 0.15) is 11.8 Å². The Labute approximate surface area is 159 Å². The topological polar surface area (TPSA) is 60.4 Å². The fraction of sp³-hybridized carbons (Fsp3) is 0.350. The normalized spacial score (nSPS) is 15.8. The fourth-order valence-corrected chi connectivity index (χ4v) is 3.41. The zero-order valence-corrected chi connectivity index (χ0v) is 15.7. The van der Waals surface area contributed by atoms with Crippen LogP contribution in [-0.4, -0.2) is 48.6 Å². The van der Waals surface area contributed by atoms with Crippen molar-refractivity contribution >= 4 is 23.2 Å². The molecule has 3 rings (SSSR count). The molecule has 1 aliphatic heterocycles. The van der Waals surface area contributed by atoms with Crippen molar-refractivity contribution in [3.63, 3.8) is 0 Å². The molecule has 26 heavy (non-hydrogen) atoms. The maximum atomic E-state index is 12.5. The van der Waals surface area contributed by atoms with Gasteiger partial charge in [0.05, 0.1) is 0 Å². The number of rotatable bonds is 5. The van der Waals surface area contributed by atoms with Crippen LogP contribution < -0.4 is 10.2 Å². The lowest BCUT2D eigenvalue weighted by molar-refractivity contribution is -0.683. The maximum absolute atomic E-state index is 12.5. The number of carbonyl (C=O) groups is 1. The summed E-state index contributed by atoms with van der Waals surface area (Å²) in [7, 11) is 0. The van der Waals surface area contributed by atoms with Gasteiger partial charge in [-0.05, 0) is 43.3 Å². The van der Waals surface area contributed by atoms with Crippen LogP contribution in [0.25, 0.3) is 0 Å². The van der Waals surface area contributed by atoms with Crippen molar-refractivity contribution in [3.8, 4) is 5.75 Å². The Kier molecular flexibility index (Phi) is 6.01. The van der Waals surface area contributed by atoms with Gasteiger partial charge in [0.25, 0.3) is 5.91 Å². The van der Waals surface area contributed by atoms with Crippen molar-refractivity contribution in [2.75, 3.05) is 37.6 Å². The van der Waals surface area contributed by atoms with E-state index in [4.69, 9.17) is 11.6 Å². The van der Waals surface area contributed by atoms with Crippen molar-refractivity contribution in [1.82, 2.24) is 4.90 Å². The Morgan fingerprint density at radius 2 is 1.85 bits per heavy atom. The molecule has 0 aliphatic carbocycles. The number of phenolic OH excluding ortho intramolecular Hbond substituents is 1. The first-order valence-corrected chi connectivity index (χ1v) is 9.31. The summed E-state index contributed by atoms with van der Waals surface area (Å²) in [6.45, 7) is 5.58. The third kappa shape index (κ3) is 4.68. The summed E-state index contributed by atoms with van der Waals surface area (Å²) >= 11 is 6.04.